The molecule has 1 fully saturated rings. The van der Waals surface area contributed by atoms with E-state index in [1.807, 2.05) is 24.3 Å². The van der Waals surface area contributed by atoms with E-state index in [-0.39, 0.29) is 18.3 Å². The van der Waals surface area contributed by atoms with Crippen molar-refractivity contribution < 1.29 is 24.1 Å². The lowest BCUT2D eigenvalue weighted by Crippen LogP contribution is -2.21. The van der Waals surface area contributed by atoms with E-state index in [1.165, 1.54) is 11.6 Å². The number of benzene rings is 2. The number of aryl methyl sites for hydroxylation is 1. The predicted octanol–water partition coefficient (Wildman–Crippen LogP) is 3.41. The number of ether oxygens (including phenoxy) is 3. The van der Waals surface area contributed by atoms with Crippen LogP contribution in [0.15, 0.2) is 42.5 Å². The first-order chi connectivity index (χ1) is 12.7. The summed E-state index contributed by atoms with van der Waals surface area (Å²) < 4.78 is 16.6. The van der Waals surface area contributed by atoms with Crippen molar-refractivity contribution in [3.63, 3.8) is 0 Å². The van der Waals surface area contributed by atoms with Crippen molar-refractivity contribution in [1.29, 1.82) is 0 Å². The summed E-state index contributed by atoms with van der Waals surface area (Å²) in [7, 11) is 0. The van der Waals surface area contributed by atoms with Gasteiger partial charge in [0.2, 0.25) is 0 Å². The molecule has 26 heavy (non-hydrogen) atoms. The highest BCUT2D eigenvalue weighted by Crippen LogP contribution is 2.30. The van der Waals surface area contributed by atoms with Gasteiger partial charge in [-0.1, -0.05) is 25.1 Å². The van der Waals surface area contributed by atoms with Gasteiger partial charge in [-0.3, -0.25) is 4.79 Å². The molecule has 2 aromatic carbocycles. The molecule has 2 aromatic rings. The Labute approximate surface area is 152 Å². The van der Waals surface area contributed by atoms with Gasteiger partial charge in [-0.15, -0.1) is 0 Å². The second kappa shape index (κ2) is 8.69. The van der Waals surface area contributed by atoms with Crippen molar-refractivity contribution in [1.82, 2.24) is 0 Å². The van der Waals surface area contributed by atoms with Crippen LogP contribution in [-0.4, -0.2) is 30.8 Å². The van der Waals surface area contributed by atoms with Crippen molar-refractivity contribution in [2.45, 2.75) is 26.1 Å². The minimum absolute atomic E-state index is 0.0230. The Balaban J connectivity index is 1.59. The molecule has 0 radical (unpaired) electrons. The van der Waals surface area contributed by atoms with Crippen LogP contribution < -0.4 is 10.1 Å². The Morgan fingerprint density at radius 2 is 1.92 bits per heavy atom. The molecule has 0 bridgehead atoms. The zero-order valence-electron chi connectivity index (χ0n) is 14.7. The normalized spacial score (nSPS) is 14.8. The quantitative estimate of drug-likeness (QED) is 0.775. The third-order valence-corrected chi connectivity index (χ3v) is 4.10. The summed E-state index contributed by atoms with van der Waals surface area (Å²) in [6.07, 6.45) is 1.33. The van der Waals surface area contributed by atoms with Gasteiger partial charge in [0.05, 0.1) is 18.9 Å². The van der Waals surface area contributed by atoms with Crippen LogP contribution in [0.4, 0.5) is 5.69 Å². The molecule has 138 valence electrons. The summed E-state index contributed by atoms with van der Waals surface area (Å²) in [5.74, 6) is 0.243. The summed E-state index contributed by atoms with van der Waals surface area (Å²) in [5.41, 5.74) is 2.25. The Hall–Kier alpha value is -2.57. The van der Waals surface area contributed by atoms with Gasteiger partial charge in [0, 0.05) is 5.56 Å². The molecule has 1 amide bonds. The zero-order chi connectivity index (χ0) is 18.4. The number of carbonyl (C=O) groups is 1. The van der Waals surface area contributed by atoms with Crippen molar-refractivity contribution in [3.8, 4) is 11.5 Å². The minimum Gasteiger partial charge on any atom is -0.506 e. The number of anilines is 1. The number of phenols is 1. The minimum atomic E-state index is -0.478. The first kappa shape index (κ1) is 18.2. The molecular formula is C20H23NO5. The summed E-state index contributed by atoms with van der Waals surface area (Å²) in [6, 6.07) is 12.5. The molecule has 1 aliphatic heterocycles. The number of carbonyl (C=O) groups excluding carboxylic acids is 1. The van der Waals surface area contributed by atoms with Gasteiger partial charge in [-0.05, 0) is 42.7 Å². The fourth-order valence-electron chi connectivity index (χ4n) is 2.64. The van der Waals surface area contributed by atoms with E-state index in [2.05, 4.69) is 12.2 Å². The molecule has 2 N–H and O–H groups in total. The summed E-state index contributed by atoms with van der Waals surface area (Å²) in [5, 5.41) is 12.6. The van der Waals surface area contributed by atoms with Gasteiger partial charge >= 0.3 is 0 Å². The molecule has 0 unspecified atom stereocenters. The van der Waals surface area contributed by atoms with E-state index in [1.54, 1.807) is 12.1 Å². The van der Waals surface area contributed by atoms with E-state index in [0.717, 1.165) is 18.4 Å². The van der Waals surface area contributed by atoms with Crippen molar-refractivity contribution in [2.75, 3.05) is 25.1 Å². The average Bonchev–Trinajstić information content (AvgIpc) is 2.69. The Morgan fingerprint density at radius 1 is 1.19 bits per heavy atom. The van der Waals surface area contributed by atoms with Crippen LogP contribution in [0.2, 0.25) is 0 Å². The number of hydrogen-bond acceptors (Lipinski definition) is 5. The summed E-state index contributed by atoms with van der Waals surface area (Å²) >= 11 is 0. The number of phenolic OH excluding ortho intramolecular Hbond substituents is 1. The second-order valence-electron chi connectivity index (χ2n) is 6.04. The smallest absolute Gasteiger partial charge is 0.262 e. The molecule has 1 saturated heterocycles. The van der Waals surface area contributed by atoms with Crippen LogP contribution in [0.1, 0.15) is 30.8 Å². The van der Waals surface area contributed by atoms with E-state index in [0.29, 0.717) is 24.7 Å². The summed E-state index contributed by atoms with van der Waals surface area (Å²) in [4.78, 5) is 12.1. The van der Waals surface area contributed by atoms with E-state index < -0.39 is 6.29 Å². The van der Waals surface area contributed by atoms with Gasteiger partial charge < -0.3 is 24.6 Å². The van der Waals surface area contributed by atoms with Gasteiger partial charge in [0.15, 0.2) is 12.9 Å². The Bertz CT molecular complexity index is 738. The number of amides is 1. The van der Waals surface area contributed by atoms with Crippen LogP contribution in [0.25, 0.3) is 0 Å². The first-order valence-corrected chi connectivity index (χ1v) is 8.73. The van der Waals surface area contributed by atoms with Gasteiger partial charge in [0.1, 0.15) is 11.5 Å². The van der Waals surface area contributed by atoms with Crippen molar-refractivity contribution in [3.05, 3.63) is 53.6 Å². The lowest BCUT2D eigenvalue weighted by atomic mass is 10.1. The maximum absolute atomic E-state index is 12.1. The van der Waals surface area contributed by atoms with Crippen LogP contribution in [-0.2, 0) is 20.7 Å². The van der Waals surface area contributed by atoms with Crippen molar-refractivity contribution in [2.24, 2.45) is 0 Å². The lowest BCUT2D eigenvalue weighted by molar-refractivity contribution is -0.183. The predicted molar refractivity (Wildman–Crippen MR) is 97.3 cm³/mol. The second-order valence-corrected chi connectivity index (χ2v) is 6.04. The SMILES string of the molecule is CCc1ccc(OCC(=O)Nc2cc(C3OCCCO3)ccc2O)cc1. The zero-order valence-corrected chi connectivity index (χ0v) is 14.7. The van der Waals surface area contributed by atoms with E-state index >= 15 is 0 Å². The highest BCUT2D eigenvalue weighted by atomic mass is 16.7. The molecule has 3 rings (SSSR count). The molecule has 0 aromatic heterocycles. The molecular weight excluding hydrogens is 334 g/mol. The Kier molecular flexibility index (Phi) is 6.09. The molecule has 0 spiro atoms. The monoisotopic (exact) mass is 357 g/mol. The third-order valence-electron chi connectivity index (χ3n) is 4.10. The van der Waals surface area contributed by atoms with Crippen LogP contribution in [0.5, 0.6) is 11.5 Å². The van der Waals surface area contributed by atoms with Gasteiger partial charge in [-0.2, -0.15) is 0 Å². The average molecular weight is 357 g/mol. The van der Waals surface area contributed by atoms with E-state index in [9.17, 15) is 9.90 Å². The molecule has 0 aliphatic carbocycles. The highest BCUT2D eigenvalue weighted by molar-refractivity contribution is 5.93. The first-order valence-electron chi connectivity index (χ1n) is 8.73. The van der Waals surface area contributed by atoms with Crippen molar-refractivity contribution >= 4 is 11.6 Å². The molecule has 1 heterocycles. The summed E-state index contributed by atoms with van der Waals surface area (Å²) in [6.45, 7) is 3.18. The van der Waals surface area contributed by atoms with Crippen LogP contribution in [0.3, 0.4) is 0 Å². The maximum Gasteiger partial charge on any atom is 0.262 e. The van der Waals surface area contributed by atoms with Crippen LogP contribution >= 0.6 is 0 Å². The molecule has 1 aliphatic rings. The van der Waals surface area contributed by atoms with E-state index in [4.69, 9.17) is 14.2 Å². The Morgan fingerprint density at radius 3 is 2.62 bits per heavy atom. The fourth-order valence-corrected chi connectivity index (χ4v) is 2.64. The van der Waals surface area contributed by atoms with Gasteiger partial charge in [-0.25, -0.2) is 0 Å². The van der Waals surface area contributed by atoms with Gasteiger partial charge in [0.25, 0.3) is 5.91 Å². The largest absolute Gasteiger partial charge is 0.506 e. The molecule has 0 saturated carbocycles. The topological polar surface area (TPSA) is 77.0 Å². The lowest BCUT2D eigenvalue weighted by Gasteiger charge is -2.24. The maximum atomic E-state index is 12.1. The molecule has 0 atom stereocenters. The third kappa shape index (κ3) is 4.74. The standard InChI is InChI=1S/C20H23NO5/c1-2-14-4-7-16(8-5-14)26-13-19(23)21-17-12-15(6-9-18(17)22)20-24-10-3-11-25-20/h4-9,12,20,22H,2-3,10-11,13H2,1H3,(H,21,23). The number of rotatable bonds is 6. The molecule has 6 heteroatoms. The number of hydrogen-bond donors (Lipinski definition) is 2. The molecule has 6 nitrogen and oxygen atoms in total. The number of nitrogens with one attached hydrogen (secondary N) is 1. The number of aromatic hydroxyl groups is 1. The van der Waals surface area contributed by atoms with Crippen LogP contribution in [0, 0.1) is 0 Å². The fraction of sp³-hybridized carbons (Fsp3) is 0.350. The highest BCUT2D eigenvalue weighted by Gasteiger charge is 2.18.